The maximum Gasteiger partial charge on any atom is 0.278 e. The van der Waals surface area contributed by atoms with Crippen LogP contribution in [0, 0.1) is 5.92 Å². The summed E-state index contributed by atoms with van der Waals surface area (Å²) in [6.07, 6.45) is 2.50. The molecule has 4 rings (SSSR count). The molecule has 0 atom stereocenters. The molecule has 0 radical (unpaired) electrons. The molecule has 2 heterocycles. The number of carbonyl (C=O) groups excluding carboxylic acids is 2. The molecule has 174 valence electrons. The molecule has 0 bridgehead atoms. The summed E-state index contributed by atoms with van der Waals surface area (Å²) in [5, 5.41) is 0. The number of benzene rings is 2. The molecule has 2 aliphatic rings. The predicted molar refractivity (Wildman–Crippen MR) is 129 cm³/mol. The van der Waals surface area contributed by atoms with Crippen LogP contribution in [-0.2, 0) is 20.7 Å². The van der Waals surface area contributed by atoms with Crippen molar-refractivity contribution in [2.24, 2.45) is 5.92 Å². The van der Waals surface area contributed by atoms with Crippen molar-refractivity contribution in [2.45, 2.75) is 33.1 Å². The monoisotopic (exact) mass is 448 g/mol. The third-order valence-electron chi connectivity index (χ3n) is 5.98. The molecule has 2 amide bonds. The zero-order valence-corrected chi connectivity index (χ0v) is 19.7. The third-order valence-corrected chi connectivity index (χ3v) is 5.98. The number of carbonyl (C=O) groups is 2. The number of aryl methyl sites for hydroxylation is 1. The molecule has 0 saturated carbocycles. The highest BCUT2D eigenvalue weighted by Crippen LogP contribution is 2.38. The van der Waals surface area contributed by atoms with E-state index in [0.29, 0.717) is 49.9 Å². The number of ether oxygens (including phenoxy) is 2. The molecule has 0 unspecified atom stereocenters. The lowest BCUT2D eigenvalue weighted by Gasteiger charge is -2.32. The number of hydrogen-bond donors (Lipinski definition) is 0. The van der Waals surface area contributed by atoms with Gasteiger partial charge in [0, 0.05) is 32.5 Å². The largest absolute Gasteiger partial charge is 0.493 e. The van der Waals surface area contributed by atoms with E-state index >= 15 is 0 Å². The highest BCUT2D eigenvalue weighted by atomic mass is 16.5. The van der Waals surface area contributed by atoms with Gasteiger partial charge in [0.1, 0.15) is 11.4 Å². The minimum atomic E-state index is -0.245. The Morgan fingerprint density at radius 1 is 1.00 bits per heavy atom. The van der Waals surface area contributed by atoms with Crippen LogP contribution in [0.4, 0.5) is 5.69 Å². The second-order valence-electron chi connectivity index (χ2n) is 8.95. The lowest BCUT2D eigenvalue weighted by atomic mass is 9.98. The Labute approximate surface area is 195 Å². The van der Waals surface area contributed by atoms with Gasteiger partial charge >= 0.3 is 0 Å². The molecule has 6 heteroatoms. The first-order valence-corrected chi connectivity index (χ1v) is 11.7. The fourth-order valence-corrected chi connectivity index (χ4v) is 4.39. The molecular formula is C27H32N2O4. The van der Waals surface area contributed by atoms with Gasteiger partial charge in [0.15, 0.2) is 0 Å². The second-order valence-corrected chi connectivity index (χ2v) is 8.95. The van der Waals surface area contributed by atoms with Gasteiger partial charge in [-0.2, -0.15) is 0 Å². The van der Waals surface area contributed by atoms with Crippen molar-refractivity contribution in [1.82, 2.24) is 4.90 Å². The minimum absolute atomic E-state index is 0.233. The number of hydrogen-bond acceptors (Lipinski definition) is 5. The first-order valence-electron chi connectivity index (χ1n) is 11.7. The number of rotatable bonds is 9. The van der Waals surface area contributed by atoms with E-state index in [2.05, 4.69) is 19.9 Å². The van der Waals surface area contributed by atoms with Gasteiger partial charge in [0.25, 0.3) is 11.8 Å². The van der Waals surface area contributed by atoms with Crippen LogP contribution in [0.5, 0.6) is 5.75 Å². The smallest absolute Gasteiger partial charge is 0.278 e. The number of methoxy groups -OCH3 is 1. The van der Waals surface area contributed by atoms with E-state index in [9.17, 15) is 9.59 Å². The van der Waals surface area contributed by atoms with Crippen LogP contribution in [0.15, 0.2) is 54.2 Å². The van der Waals surface area contributed by atoms with E-state index in [-0.39, 0.29) is 11.8 Å². The van der Waals surface area contributed by atoms with Crippen molar-refractivity contribution in [3.63, 3.8) is 0 Å². The Hall–Kier alpha value is -3.12. The van der Waals surface area contributed by atoms with Crippen LogP contribution in [0.1, 0.15) is 37.8 Å². The lowest BCUT2D eigenvalue weighted by Crippen LogP contribution is -2.37. The zero-order chi connectivity index (χ0) is 23.4. The van der Waals surface area contributed by atoms with E-state index in [0.717, 1.165) is 29.8 Å². The molecule has 0 saturated heterocycles. The summed E-state index contributed by atoms with van der Waals surface area (Å²) in [7, 11) is 1.62. The van der Waals surface area contributed by atoms with E-state index in [1.165, 1.54) is 10.5 Å². The maximum absolute atomic E-state index is 13.6. The highest BCUT2D eigenvalue weighted by Gasteiger charge is 2.42. The summed E-state index contributed by atoms with van der Waals surface area (Å²) in [6.45, 7) is 6.37. The van der Waals surface area contributed by atoms with Crippen molar-refractivity contribution >= 4 is 23.1 Å². The highest BCUT2D eigenvalue weighted by molar-refractivity contribution is 6.36. The zero-order valence-electron chi connectivity index (χ0n) is 19.7. The van der Waals surface area contributed by atoms with Crippen molar-refractivity contribution in [2.75, 3.05) is 38.3 Å². The van der Waals surface area contributed by atoms with Gasteiger partial charge in [0.2, 0.25) is 0 Å². The fourth-order valence-electron chi connectivity index (χ4n) is 4.39. The molecule has 2 aromatic carbocycles. The number of imide groups is 1. The fraction of sp³-hybridized carbons (Fsp3) is 0.407. The van der Waals surface area contributed by atoms with Crippen LogP contribution in [-0.4, -0.2) is 50.1 Å². The molecule has 6 nitrogen and oxygen atoms in total. The predicted octanol–water partition coefficient (Wildman–Crippen LogP) is 4.29. The van der Waals surface area contributed by atoms with E-state index in [1.54, 1.807) is 7.11 Å². The molecule has 2 aromatic rings. The number of para-hydroxylation sites is 1. The van der Waals surface area contributed by atoms with Gasteiger partial charge in [-0.25, -0.2) is 0 Å². The topological polar surface area (TPSA) is 59.1 Å². The summed E-state index contributed by atoms with van der Waals surface area (Å²) in [6, 6.07) is 15.6. The first-order chi connectivity index (χ1) is 16.0. The van der Waals surface area contributed by atoms with Crippen LogP contribution < -0.4 is 9.64 Å². The molecule has 0 spiro atoms. The Morgan fingerprint density at radius 3 is 2.48 bits per heavy atom. The Balaban J connectivity index is 1.73. The molecule has 33 heavy (non-hydrogen) atoms. The van der Waals surface area contributed by atoms with Gasteiger partial charge < -0.3 is 14.4 Å². The average molecular weight is 449 g/mol. The molecular weight excluding hydrogens is 416 g/mol. The summed E-state index contributed by atoms with van der Waals surface area (Å²) in [5.41, 5.74) is 3.88. The summed E-state index contributed by atoms with van der Waals surface area (Å²) < 4.78 is 10.9. The van der Waals surface area contributed by atoms with Crippen LogP contribution in [0.25, 0.3) is 5.57 Å². The van der Waals surface area contributed by atoms with Gasteiger partial charge in [0.05, 0.1) is 12.2 Å². The quantitative estimate of drug-likeness (QED) is 0.423. The first kappa shape index (κ1) is 23.1. The Kier molecular flexibility index (Phi) is 7.14. The van der Waals surface area contributed by atoms with Gasteiger partial charge in [-0.1, -0.05) is 44.2 Å². The van der Waals surface area contributed by atoms with Crippen molar-refractivity contribution < 1.29 is 19.1 Å². The van der Waals surface area contributed by atoms with Crippen LogP contribution >= 0.6 is 0 Å². The SMILES string of the molecule is COCCCN1C(=O)C(c2ccc(OCC(C)C)cc2)=C(N2CCCc3ccccc32)C1=O. The molecule has 0 aliphatic carbocycles. The number of anilines is 1. The standard InChI is InChI=1S/C27H32N2O4/c1-19(2)18-33-22-13-11-21(12-14-22)24-25(27(31)29(26(24)30)16-7-17-32-3)28-15-6-9-20-8-4-5-10-23(20)28/h4-5,8,10-14,19H,6-7,9,15-18H2,1-3H3. The summed E-state index contributed by atoms with van der Waals surface area (Å²) >= 11 is 0. The van der Waals surface area contributed by atoms with Gasteiger partial charge in [-0.05, 0) is 54.5 Å². The van der Waals surface area contributed by atoms with Crippen LogP contribution in [0.2, 0.25) is 0 Å². The lowest BCUT2D eigenvalue weighted by molar-refractivity contribution is -0.137. The van der Waals surface area contributed by atoms with Crippen molar-refractivity contribution in [3.05, 3.63) is 65.4 Å². The van der Waals surface area contributed by atoms with Crippen molar-refractivity contribution in [1.29, 1.82) is 0 Å². The number of fused-ring (bicyclic) bond motifs is 1. The number of amides is 2. The molecule has 2 aliphatic heterocycles. The molecule has 0 N–H and O–H groups in total. The summed E-state index contributed by atoms with van der Waals surface area (Å²) in [5.74, 6) is 0.701. The Morgan fingerprint density at radius 2 is 1.76 bits per heavy atom. The minimum Gasteiger partial charge on any atom is -0.493 e. The molecule has 0 fully saturated rings. The average Bonchev–Trinajstić information content (AvgIpc) is 3.07. The van der Waals surface area contributed by atoms with Gasteiger partial charge in [-0.15, -0.1) is 0 Å². The van der Waals surface area contributed by atoms with E-state index < -0.39 is 0 Å². The van der Waals surface area contributed by atoms with Gasteiger partial charge in [-0.3, -0.25) is 14.5 Å². The summed E-state index contributed by atoms with van der Waals surface area (Å²) in [4.78, 5) is 30.5. The maximum atomic E-state index is 13.6. The normalized spacial score (nSPS) is 16.1. The molecule has 0 aromatic heterocycles. The Bertz CT molecular complexity index is 1040. The second kappa shape index (κ2) is 10.2. The third kappa shape index (κ3) is 4.81. The van der Waals surface area contributed by atoms with Crippen molar-refractivity contribution in [3.8, 4) is 5.75 Å². The van der Waals surface area contributed by atoms with Crippen LogP contribution in [0.3, 0.4) is 0 Å². The number of nitrogens with zero attached hydrogens (tertiary/aromatic N) is 2. The van der Waals surface area contributed by atoms with E-state index in [1.807, 2.05) is 47.4 Å². The van der Waals surface area contributed by atoms with E-state index in [4.69, 9.17) is 9.47 Å².